The molecule has 1 saturated carbocycles. The molecule has 0 N–H and O–H groups in total. The van der Waals surface area contributed by atoms with Crippen LogP contribution in [0.1, 0.15) is 19.3 Å². The van der Waals surface area contributed by atoms with Crippen LogP contribution in [0.3, 0.4) is 0 Å². The summed E-state index contributed by atoms with van der Waals surface area (Å²) < 4.78 is 0. The van der Waals surface area contributed by atoms with E-state index < -0.39 is 0 Å². The molecule has 0 spiro atoms. The van der Waals surface area contributed by atoms with Gasteiger partial charge in [0.15, 0.2) is 0 Å². The van der Waals surface area contributed by atoms with Gasteiger partial charge in [-0.3, -0.25) is 0 Å². The second-order valence-corrected chi connectivity index (χ2v) is 5.24. The summed E-state index contributed by atoms with van der Waals surface area (Å²) in [4.78, 5) is 0. The summed E-state index contributed by atoms with van der Waals surface area (Å²) in [5.41, 5.74) is 0. The Morgan fingerprint density at radius 1 is 1.00 bits per heavy atom. The molecule has 0 unspecified atom stereocenters. The molecule has 8 heavy (non-hydrogen) atoms. The van der Waals surface area contributed by atoms with Gasteiger partial charge in [0, 0.05) is 0 Å². The van der Waals surface area contributed by atoms with Crippen molar-refractivity contribution in [3.63, 3.8) is 0 Å². The van der Waals surface area contributed by atoms with Crippen molar-refractivity contribution in [2.75, 3.05) is 0 Å². The first-order valence-electron chi connectivity index (χ1n) is 3.54. The van der Waals surface area contributed by atoms with Gasteiger partial charge in [-0.25, -0.2) is 0 Å². The number of hydrogen-bond donors (Lipinski definition) is 0. The molecular formula is C7H12Se. The van der Waals surface area contributed by atoms with Crippen LogP contribution in [0.15, 0.2) is 0 Å². The molecule has 1 saturated heterocycles. The Balaban J connectivity index is 2.04. The van der Waals surface area contributed by atoms with Crippen LogP contribution in [0.5, 0.6) is 0 Å². The second kappa shape index (κ2) is 2.04. The van der Waals surface area contributed by atoms with E-state index in [9.17, 15) is 0 Å². The van der Waals surface area contributed by atoms with E-state index in [1.165, 1.54) is 11.8 Å². The fraction of sp³-hybridized carbons (Fsp3) is 1.00. The molecule has 46 valence electrons. The molecule has 0 aromatic heterocycles. The van der Waals surface area contributed by atoms with E-state index >= 15 is 0 Å². The van der Waals surface area contributed by atoms with E-state index in [0.717, 1.165) is 15.0 Å². The number of hydrogen-bond acceptors (Lipinski definition) is 0. The maximum atomic E-state index is 1.62. The molecule has 0 radical (unpaired) electrons. The maximum absolute atomic E-state index is 1.62. The summed E-state index contributed by atoms with van der Waals surface area (Å²) in [5.74, 6) is 2.41. The van der Waals surface area contributed by atoms with Gasteiger partial charge in [-0.15, -0.1) is 0 Å². The molecule has 2 aliphatic rings. The zero-order valence-electron chi connectivity index (χ0n) is 5.10. The van der Waals surface area contributed by atoms with Gasteiger partial charge in [0.05, 0.1) is 0 Å². The summed E-state index contributed by atoms with van der Waals surface area (Å²) in [6.07, 6.45) is 4.70. The van der Waals surface area contributed by atoms with Crippen molar-refractivity contribution in [2.45, 2.75) is 29.9 Å². The molecule has 0 aromatic rings. The van der Waals surface area contributed by atoms with Crippen molar-refractivity contribution in [2.24, 2.45) is 11.8 Å². The van der Waals surface area contributed by atoms with Crippen molar-refractivity contribution in [1.29, 1.82) is 0 Å². The van der Waals surface area contributed by atoms with Gasteiger partial charge >= 0.3 is 56.7 Å². The van der Waals surface area contributed by atoms with E-state index in [2.05, 4.69) is 0 Å². The van der Waals surface area contributed by atoms with Crippen LogP contribution in [0.25, 0.3) is 0 Å². The van der Waals surface area contributed by atoms with Gasteiger partial charge < -0.3 is 0 Å². The summed E-state index contributed by atoms with van der Waals surface area (Å²) in [5, 5.41) is 3.25. The van der Waals surface area contributed by atoms with Gasteiger partial charge in [0.1, 0.15) is 0 Å². The minimum atomic E-state index is 1.07. The molecule has 1 heterocycles. The van der Waals surface area contributed by atoms with Crippen molar-refractivity contribution >= 4 is 15.0 Å². The molecule has 2 atom stereocenters. The summed E-state index contributed by atoms with van der Waals surface area (Å²) in [7, 11) is 0. The molecule has 0 bridgehead atoms. The van der Waals surface area contributed by atoms with Crippen LogP contribution in [-0.4, -0.2) is 15.0 Å². The Hall–Kier alpha value is 0.519. The Bertz CT molecular complexity index is 70.4. The third-order valence-electron chi connectivity index (χ3n) is 2.48. The first kappa shape index (κ1) is 5.32. The minimum absolute atomic E-state index is 1.07. The molecule has 0 amide bonds. The third-order valence-corrected chi connectivity index (χ3v) is 5.27. The van der Waals surface area contributed by atoms with Gasteiger partial charge in [0.25, 0.3) is 0 Å². The molecule has 1 heteroatoms. The monoisotopic (exact) mass is 176 g/mol. The van der Waals surface area contributed by atoms with E-state index in [0.29, 0.717) is 0 Å². The Kier molecular flexibility index (Phi) is 1.35. The van der Waals surface area contributed by atoms with Crippen LogP contribution in [0.4, 0.5) is 0 Å². The SMILES string of the molecule is C1C[C@H]2C[Se]C[C@@H]2C1. The van der Waals surface area contributed by atoms with Crippen molar-refractivity contribution in [3.8, 4) is 0 Å². The topological polar surface area (TPSA) is 0 Å². The Morgan fingerprint density at radius 3 is 2.25 bits per heavy atom. The molecule has 1 aliphatic carbocycles. The van der Waals surface area contributed by atoms with E-state index in [-0.39, 0.29) is 0 Å². The second-order valence-electron chi connectivity index (χ2n) is 2.99. The molecule has 0 nitrogen and oxygen atoms in total. The van der Waals surface area contributed by atoms with Crippen molar-refractivity contribution in [1.82, 2.24) is 0 Å². The zero-order chi connectivity index (χ0) is 5.40. The van der Waals surface area contributed by atoms with E-state index in [1.807, 2.05) is 0 Å². The normalized spacial score (nSPS) is 45.0. The summed E-state index contributed by atoms with van der Waals surface area (Å²) in [6.45, 7) is 0. The van der Waals surface area contributed by atoms with Gasteiger partial charge in [-0.2, -0.15) is 0 Å². The first-order valence-corrected chi connectivity index (χ1v) is 5.97. The van der Waals surface area contributed by atoms with Gasteiger partial charge in [-0.1, -0.05) is 0 Å². The van der Waals surface area contributed by atoms with E-state index in [4.69, 9.17) is 0 Å². The average Bonchev–Trinajstić information content (AvgIpc) is 2.15. The summed E-state index contributed by atoms with van der Waals surface area (Å²) in [6, 6.07) is 0. The van der Waals surface area contributed by atoms with Crippen LogP contribution in [-0.2, 0) is 0 Å². The predicted molar refractivity (Wildman–Crippen MR) is 36.2 cm³/mol. The quantitative estimate of drug-likeness (QED) is 0.493. The third kappa shape index (κ3) is 0.728. The van der Waals surface area contributed by atoms with Gasteiger partial charge in [-0.05, 0) is 0 Å². The number of fused-ring (bicyclic) bond motifs is 1. The molecule has 0 aromatic carbocycles. The predicted octanol–water partition coefficient (Wildman–Crippen LogP) is 1.96. The standard InChI is InChI=1S/C7H12Se/c1-2-6-4-8-5-7(6)3-1/h6-7H,1-5H2/t6-,7-/m0/s1. The average molecular weight is 175 g/mol. The fourth-order valence-electron chi connectivity index (χ4n) is 1.92. The number of rotatable bonds is 0. The fourth-order valence-corrected chi connectivity index (χ4v) is 5.32. The summed E-state index contributed by atoms with van der Waals surface area (Å²) >= 11 is 1.07. The zero-order valence-corrected chi connectivity index (χ0v) is 6.81. The van der Waals surface area contributed by atoms with Crippen LogP contribution >= 0.6 is 0 Å². The molecule has 2 fully saturated rings. The van der Waals surface area contributed by atoms with Crippen LogP contribution in [0, 0.1) is 11.8 Å². The van der Waals surface area contributed by atoms with Gasteiger partial charge in [0.2, 0.25) is 0 Å². The van der Waals surface area contributed by atoms with Crippen molar-refractivity contribution < 1.29 is 0 Å². The first-order chi connectivity index (χ1) is 3.97. The molecule has 1 aliphatic heterocycles. The molecule has 2 rings (SSSR count). The van der Waals surface area contributed by atoms with Crippen LogP contribution in [0.2, 0.25) is 10.6 Å². The Morgan fingerprint density at radius 2 is 1.62 bits per heavy atom. The van der Waals surface area contributed by atoms with Crippen molar-refractivity contribution in [3.05, 3.63) is 0 Å². The molecular weight excluding hydrogens is 163 g/mol. The van der Waals surface area contributed by atoms with Crippen LogP contribution < -0.4 is 0 Å². The Labute approximate surface area is 57.2 Å². The van der Waals surface area contributed by atoms with E-state index in [1.54, 1.807) is 29.9 Å².